The Kier molecular flexibility index (Phi) is 5.18. The van der Waals surface area contributed by atoms with Gasteiger partial charge in [0.05, 0.1) is 16.8 Å². The highest BCUT2D eigenvalue weighted by molar-refractivity contribution is 7.11. The molecule has 8 heteroatoms. The van der Waals surface area contributed by atoms with Crippen molar-refractivity contribution in [3.63, 3.8) is 0 Å². The zero-order chi connectivity index (χ0) is 22.3. The largest absolute Gasteiger partial charge is 0.416 e. The minimum atomic E-state index is -4.59. The summed E-state index contributed by atoms with van der Waals surface area (Å²) in [7, 11) is 0. The Bertz CT molecular complexity index is 1210. The Balaban J connectivity index is 1.81. The van der Waals surface area contributed by atoms with Crippen LogP contribution in [0.5, 0.6) is 0 Å². The Morgan fingerprint density at radius 3 is 2.39 bits per heavy atom. The highest BCUT2D eigenvalue weighted by Crippen LogP contribution is 2.38. The van der Waals surface area contributed by atoms with Gasteiger partial charge in [-0.15, -0.1) is 11.3 Å². The quantitative estimate of drug-likeness (QED) is 0.521. The SMILES string of the molecule is Cc1ccc(C)c(NC2=C(c3cccs3)C(=O)N(c3cccc(C(F)(F)F)c3)C2=O)c1. The van der Waals surface area contributed by atoms with Crippen molar-refractivity contribution < 1.29 is 22.8 Å². The number of amides is 2. The van der Waals surface area contributed by atoms with Crippen LogP contribution in [0.2, 0.25) is 0 Å². The maximum absolute atomic E-state index is 13.3. The second-order valence-electron chi connectivity index (χ2n) is 7.16. The van der Waals surface area contributed by atoms with Crippen molar-refractivity contribution in [2.45, 2.75) is 20.0 Å². The first-order valence-electron chi connectivity index (χ1n) is 9.35. The molecular formula is C23H17F3N2O2S. The molecular weight excluding hydrogens is 425 g/mol. The maximum atomic E-state index is 13.3. The third kappa shape index (κ3) is 3.86. The Morgan fingerprint density at radius 1 is 0.935 bits per heavy atom. The van der Waals surface area contributed by atoms with E-state index in [4.69, 9.17) is 0 Å². The van der Waals surface area contributed by atoms with Crippen molar-refractivity contribution in [2.75, 3.05) is 10.2 Å². The zero-order valence-electron chi connectivity index (χ0n) is 16.6. The minimum Gasteiger partial charge on any atom is -0.350 e. The van der Waals surface area contributed by atoms with E-state index in [0.717, 1.165) is 28.2 Å². The highest BCUT2D eigenvalue weighted by Gasteiger charge is 2.41. The van der Waals surface area contributed by atoms with Crippen LogP contribution in [0, 0.1) is 13.8 Å². The van der Waals surface area contributed by atoms with E-state index >= 15 is 0 Å². The Labute approximate surface area is 180 Å². The van der Waals surface area contributed by atoms with Crippen LogP contribution < -0.4 is 10.2 Å². The summed E-state index contributed by atoms with van der Waals surface area (Å²) in [5, 5.41) is 4.83. The number of imide groups is 1. The molecule has 1 N–H and O–H groups in total. The number of thiophene rings is 1. The number of nitrogens with one attached hydrogen (secondary N) is 1. The summed E-state index contributed by atoms with van der Waals surface area (Å²) in [5.74, 6) is -1.37. The lowest BCUT2D eigenvalue weighted by molar-refractivity contribution is -0.137. The molecule has 2 heterocycles. The van der Waals surface area contributed by atoms with Crippen molar-refractivity contribution in [2.24, 2.45) is 0 Å². The second-order valence-corrected chi connectivity index (χ2v) is 8.11. The van der Waals surface area contributed by atoms with Crippen molar-refractivity contribution in [3.05, 3.63) is 87.2 Å². The first kappa shape index (κ1) is 20.9. The molecule has 0 bridgehead atoms. The molecule has 1 aliphatic heterocycles. The van der Waals surface area contributed by atoms with Gasteiger partial charge in [-0.3, -0.25) is 9.59 Å². The van der Waals surface area contributed by atoms with Crippen LogP contribution in [0.1, 0.15) is 21.6 Å². The van der Waals surface area contributed by atoms with Gasteiger partial charge in [0.2, 0.25) is 0 Å². The van der Waals surface area contributed by atoms with Gasteiger partial charge < -0.3 is 5.32 Å². The van der Waals surface area contributed by atoms with Crippen LogP contribution in [0.3, 0.4) is 0 Å². The van der Waals surface area contributed by atoms with Gasteiger partial charge >= 0.3 is 6.18 Å². The standard InChI is InChI=1S/C23H17F3N2O2S/c1-13-8-9-14(2)17(11-13)27-20-19(18-7-4-10-31-18)21(29)28(22(20)30)16-6-3-5-15(12-16)23(24,25)26/h3-12,27H,1-2H3. The van der Waals surface area contributed by atoms with Crippen LogP contribution in [-0.2, 0) is 15.8 Å². The number of nitrogens with zero attached hydrogens (tertiary/aromatic N) is 1. The number of benzene rings is 2. The van der Waals surface area contributed by atoms with Crippen LogP contribution in [0.25, 0.3) is 5.57 Å². The summed E-state index contributed by atoms with van der Waals surface area (Å²) in [4.78, 5) is 27.9. The fourth-order valence-electron chi connectivity index (χ4n) is 3.36. The molecule has 158 valence electrons. The van der Waals surface area contributed by atoms with Crippen molar-refractivity contribution in [3.8, 4) is 0 Å². The third-order valence-electron chi connectivity index (χ3n) is 4.94. The number of hydrogen-bond donors (Lipinski definition) is 1. The number of anilines is 2. The van der Waals surface area contributed by atoms with Gasteiger partial charge in [-0.05, 0) is 60.7 Å². The maximum Gasteiger partial charge on any atom is 0.416 e. The van der Waals surface area contributed by atoms with E-state index in [1.807, 2.05) is 32.0 Å². The lowest BCUT2D eigenvalue weighted by atomic mass is 10.1. The number of rotatable bonds is 4. The molecule has 4 nitrogen and oxygen atoms in total. The molecule has 2 amide bonds. The molecule has 4 rings (SSSR count). The minimum absolute atomic E-state index is 0.0403. The van der Waals surface area contributed by atoms with Gasteiger partial charge in [-0.1, -0.05) is 24.3 Å². The fraction of sp³-hybridized carbons (Fsp3) is 0.130. The van der Waals surface area contributed by atoms with Crippen molar-refractivity contribution >= 4 is 40.1 Å². The average molecular weight is 442 g/mol. The Morgan fingerprint density at radius 2 is 1.71 bits per heavy atom. The number of halogens is 3. The summed E-state index contributed by atoms with van der Waals surface area (Å²) < 4.78 is 39.6. The molecule has 0 atom stereocenters. The van der Waals surface area contributed by atoms with E-state index in [1.54, 1.807) is 17.5 Å². The summed E-state index contributed by atoms with van der Waals surface area (Å²) in [6.45, 7) is 3.76. The highest BCUT2D eigenvalue weighted by atomic mass is 32.1. The smallest absolute Gasteiger partial charge is 0.350 e. The second kappa shape index (κ2) is 7.70. The number of aryl methyl sites for hydroxylation is 2. The normalized spacial score (nSPS) is 14.5. The summed E-state index contributed by atoms with van der Waals surface area (Å²) in [6, 6.07) is 13.3. The summed E-state index contributed by atoms with van der Waals surface area (Å²) in [6.07, 6.45) is -4.59. The average Bonchev–Trinajstić information content (AvgIpc) is 3.31. The third-order valence-corrected chi connectivity index (χ3v) is 5.82. The summed E-state index contributed by atoms with van der Waals surface area (Å²) in [5.41, 5.74) is 1.59. The van der Waals surface area contributed by atoms with E-state index in [0.29, 0.717) is 10.6 Å². The van der Waals surface area contributed by atoms with Crippen molar-refractivity contribution in [1.82, 2.24) is 0 Å². The van der Waals surface area contributed by atoms with Crippen LogP contribution in [0.15, 0.2) is 65.7 Å². The molecule has 31 heavy (non-hydrogen) atoms. The van der Waals surface area contributed by atoms with Gasteiger partial charge in [-0.2, -0.15) is 13.2 Å². The molecule has 0 fully saturated rings. The predicted octanol–water partition coefficient (Wildman–Crippen LogP) is 5.78. The molecule has 3 aromatic rings. The van der Waals surface area contributed by atoms with Gasteiger partial charge in [0, 0.05) is 10.6 Å². The first-order chi connectivity index (χ1) is 14.7. The molecule has 2 aromatic carbocycles. The van der Waals surface area contributed by atoms with E-state index in [1.165, 1.54) is 23.5 Å². The lowest BCUT2D eigenvalue weighted by Crippen LogP contribution is -2.32. The lowest BCUT2D eigenvalue weighted by Gasteiger charge is -2.17. The van der Waals surface area contributed by atoms with Gasteiger partial charge in [0.1, 0.15) is 5.70 Å². The van der Waals surface area contributed by atoms with E-state index < -0.39 is 23.6 Å². The Hall–Kier alpha value is -3.39. The summed E-state index contributed by atoms with van der Waals surface area (Å²) >= 11 is 1.27. The van der Waals surface area contributed by atoms with E-state index in [-0.39, 0.29) is 17.0 Å². The van der Waals surface area contributed by atoms with E-state index in [9.17, 15) is 22.8 Å². The van der Waals surface area contributed by atoms with Gasteiger partial charge in [-0.25, -0.2) is 4.90 Å². The fourth-order valence-corrected chi connectivity index (χ4v) is 4.12. The molecule has 0 saturated carbocycles. The number of carbonyl (C=O) groups is 2. The molecule has 0 aliphatic carbocycles. The van der Waals surface area contributed by atoms with Crippen LogP contribution in [-0.4, -0.2) is 11.8 Å². The molecule has 1 aliphatic rings. The predicted molar refractivity (Wildman–Crippen MR) is 115 cm³/mol. The molecule has 0 saturated heterocycles. The monoisotopic (exact) mass is 442 g/mol. The van der Waals surface area contributed by atoms with Crippen molar-refractivity contribution in [1.29, 1.82) is 0 Å². The van der Waals surface area contributed by atoms with Gasteiger partial charge in [0.25, 0.3) is 11.8 Å². The molecule has 0 radical (unpaired) electrons. The van der Waals surface area contributed by atoms with Crippen LogP contribution >= 0.6 is 11.3 Å². The number of alkyl halides is 3. The molecule has 0 unspecified atom stereocenters. The number of hydrogen-bond acceptors (Lipinski definition) is 4. The van der Waals surface area contributed by atoms with E-state index in [2.05, 4.69) is 5.32 Å². The van der Waals surface area contributed by atoms with Crippen LogP contribution in [0.4, 0.5) is 24.5 Å². The molecule has 0 spiro atoms. The first-order valence-corrected chi connectivity index (χ1v) is 10.2. The number of carbonyl (C=O) groups excluding carboxylic acids is 2. The van der Waals surface area contributed by atoms with Gasteiger partial charge in [0.15, 0.2) is 0 Å². The molecule has 1 aromatic heterocycles. The zero-order valence-corrected chi connectivity index (χ0v) is 17.4. The topological polar surface area (TPSA) is 49.4 Å².